The number of halogens is 1. The normalized spacial score (nSPS) is 10.3. The van der Waals surface area contributed by atoms with E-state index in [1.807, 2.05) is 32.0 Å². The van der Waals surface area contributed by atoms with Crippen molar-refractivity contribution >= 4 is 29.2 Å². The van der Waals surface area contributed by atoms with E-state index in [4.69, 9.17) is 16.3 Å². The molecule has 5 heteroatoms. The lowest BCUT2D eigenvalue weighted by Crippen LogP contribution is -2.15. The third-order valence-electron chi connectivity index (χ3n) is 3.68. The number of anilines is 1. The first kappa shape index (κ1) is 18.0. The lowest BCUT2D eigenvalue weighted by Gasteiger charge is -2.09. The number of rotatable bonds is 5. The van der Waals surface area contributed by atoms with Crippen LogP contribution in [0.5, 0.6) is 0 Å². The van der Waals surface area contributed by atoms with E-state index in [1.165, 1.54) is 5.56 Å². The number of aryl methyl sites for hydroxylation is 2. The molecule has 0 bridgehead atoms. The van der Waals surface area contributed by atoms with Gasteiger partial charge < -0.3 is 10.1 Å². The van der Waals surface area contributed by atoms with E-state index in [0.29, 0.717) is 5.69 Å². The maximum Gasteiger partial charge on any atom is 0.339 e. The Balaban J connectivity index is 2.05. The van der Waals surface area contributed by atoms with Crippen molar-refractivity contribution in [2.75, 3.05) is 11.9 Å². The molecule has 0 heterocycles. The van der Waals surface area contributed by atoms with Crippen molar-refractivity contribution in [2.24, 2.45) is 0 Å². The van der Waals surface area contributed by atoms with Gasteiger partial charge in [-0.2, -0.15) is 0 Å². The van der Waals surface area contributed by atoms with Crippen LogP contribution >= 0.6 is 11.6 Å². The van der Waals surface area contributed by atoms with Crippen LogP contribution in [0.2, 0.25) is 5.02 Å². The molecule has 0 radical (unpaired) electrons. The summed E-state index contributed by atoms with van der Waals surface area (Å²) >= 11 is 6.09. The summed E-state index contributed by atoms with van der Waals surface area (Å²) in [5.41, 5.74) is 4.13. The number of carbonyl (C=O) groups excluding carboxylic acids is 2. The third-order valence-corrected chi connectivity index (χ3v) is 4.00. The molecule has 0 aliphatic rings. The number of carbonyl (C=O) groups is 2. The van der Waals surface area contributed by atoms with E-state index in [-0.39, 0.29) is 29.5 Å². The van der Waals surface area contributed by atoms with Gasteiger partial charge in [0, 0.05) is 5.69 Å². The Morgan fingerprint density at radius 2 is 1.83 bits per heavy atom. The van der Waals surface area contributed by atoms with Crippen LogP contribution in [0.4, 0.5) is 5.69 Å². The van der Waals surface area contributed by atoms with Gasteiger partial charge >= 0.3 is 5.97 Å². The number of esters is 1. The smallest absolute Gasteiger partial charge is 0.339 e. The van der Waals surface area contributed by atoms with Gasteiger partial charge in [0.25, 0.3) is 0 Å². The van der Waals surface area contributed by atoms with Crippen molar-refractivity contribution in [3.8, 4) is 0 Å². The van der Waals surface area contributed by atoms with Gasteiger partial charge in [-0.1, -0.05) is 29.8 Å². The number of ether oxygens (including phenoxy) is 1. The topological polar surface area (TPSA) is 55.4 Å². The highest BCUT2D eigenvalue weighted by atomic mass is 35.5. The second kappa shape index (κ2) is 7.97. The predicted molar refractivity (Wildman–Crippen MR) is 95.7 cm³/mol. The van der Waals surface area contributed by atoms with E-state index in [9.17, 15) is 9.59 Å². The first-order chi connectivity index (χ1) is 11.4. The summed E-state index contributed by atoms with van der Waals surface area (Å²) < 4.78 is 4.92. The molecule has 0 aromatic heterocycles. The SMILES string of the molecule is CCOC(=O)c1ccc(NC(=O)Cc2ccc(C)c(C)c2)cc1Cl. The summed E-state index contributed by atoms with van der Waals surface area (Å²) in [6.45, 7) is 6.06. The van der Waals surface area contributed by atoms with Gasteiger partial charge in [-0.3, -0.25) is 4.79 Å². The molecule has 1 N–H and O–H groups in total. The molecule has 2 aromatic rings. The predicted octanol–water partition coefficient (Wildman–Crippen LogP) is 4.31. The van der Waals surface area contributed by atoms with Crippen molar-refractivity contribution in [3.05, 3.63) is 63.7 Å². The summed E-state index contributed by atoms with van der Waals surface area (Å²) in [5.74, 6) is -0.617. The molecule has 1 amide bonds. The Bertz CT molecular complexity index is 771. The van der Waals surface area contributed by atoms with Crippen LogP contribution in [0.3, 0.4) is 0 Å². The Morgan fingerprint density at radius 3 is 2.46 bits per heavy atom. The van der Waals surface area contributed by atoms with Crippen LogP contribution in [-0.2, 0) is 16.0 Å². The molecule has 2 aromatic carbocycles. The minimum Gasteiger partial charge on any atom is -0.462 e. The number of amides is 1. The zero-order valence-electron chi connectivity index (χ0n) is 14.0. The summed E-state index contributed by atoms with van der Waals surface area (Å²) in [6, 6.07) is 10.7. The lowest BCUT2D eigenvalue weighted by molar-refractivity contribution is -0.115. The van der Waals surface area contributed by atoms with E-state index in [0.717, 1.165) is 11.1 Å². The number of hydrogen-bond donors (Lipinski definition) is 1. The second-order valence-corrected chi connectivity index (χ2v) is 5.97. The van der Waals surface area contributed by atoms with Crippen LogP contribution in [-0.4, -0.2) is 18.5 Å². The van der Waals surface area contributed by atoms with E-state index < -0.39 is 5.97 Å². The molecule has 2 rings (SSSR count). The van der Waals surface area contributed by atoms with Gasteiger partial charge in [0.1, 0.15) is 0 Å². The molecular weight excluding hydrogens is 326 g/mol. The molecular formula is C19H20ClNO3. The van der Waals surface area contributed by atoms with Gasteiger partial charge in [0.15, 0.2) is 0 Å². The maximum absolute atomic E-state index is 12.2. The molecule has 24 heavy (non-hydrogen) atoms. The van der Waals surface area contributed by atoms with Crippen LogP contribution < -0.4 is 5.32 Å². The molecule has 0 unspecified atom stereocenters. The van der Waals surface area contributed by atoms with Crippen LogP contribution in [0, 0.1) is 13.8 Å². The Hall–Kier alpha value is -2.33. The van der Waals surface area contributed by atoms with Gasteiger partial charge in [-0.15, -0.1) is 0 Å². The van der Waals surface area contributed by atoms with Crippen molar-refractivity contribution in [1.82, 2.24) is 0 Å². The summed E-state index contributed by atoms with van der Waals surface area (Å²) in [6.07, 6.45) is 0.276. The number of hydrogen-bond acceptors (Lipinski definition) is 3. The minimum atomic E-state index is -0.476. The fourth-order valence-corrected chi connectivity index (χ4v) is 2.53. The Morgan fingerprint density at radius 1 is 1.08 bits per heavy atom. The first-order valence-corrected chi connectivity index (χ1v) is 8.11. The van der Waals surface area contributed by atoms with Crippen molar-refractivity contribution in [2.45, 2.75) is 27.2 Å². The highest BCUT2D eigenvalue weighted by molar-refractivity contribution is 6.34. The molecule has 0 atom stereocenters. The average Bonchev–Trinajstić information content (AvgIpc) is 2.51. The van der Waals surface area contributed by atoms with Crippen molar-refractivity contribution < 1.29 is 14.3 Å². The molecule has 0 aliphatic heterocycles. The average molecular weight is 346 g/mol. The van der Waals surface area contributed by atoms with Crippen molar-refractivity contribution in [1.29, 1.82) is 0 Å². The fourth-order valence-electron chi connectivity index (χ4n) is 2.27. The number of nitrogens with one attached hydrogen (secondary N) is 1. The van der Waals surface area contributed by atoms with Gasteiger partial charge in [-0.25, -0.2) is 4.79 Å². The van der Waals surface area contributed by atoms with E-state index in [1.54, 1.807) is 25.1 Å². The van der Waals surface area contributed by atoms with Gasteiger partial charge in [-0.05, 0) is 55.7 Å². The fraction of sp³-hybridized carbons (Fsp3) is 0.263. The molecule has 126 valence electrons. The standard InChI is InChI=1S/C19H20ClNO3/c1-4-24-19(23)16-8-7-15(11-17(16)20)21-18(22)10-14-6-5-12(2)13(3)9-14/h5-9,11H,4,10H2,1-3H3,(H,21,22). The van der Waals surface area contributed by atoms with Crippen LogP contribution in [0.25, 0.3) is 0 Å². The van der Waals surface area contributed by atoms with Gasteiger partial charge in [0.05, 0.1) is 23.6 Å². The third kappa shape index (κ3) is 4.59. The quantitative estimate of drug-likeness (QED) is 0.821. The lowest BCUT2D eigenvalue weighted by atomic mass is 10.0. The maximum atomic E-state index is 12.2. The zero-order chi connectivity index (χ0) is 17.7. The molecule has 0 spiro atoms. The Labute approximate surface area is 146 Å². The summed E-state index contributed by atoms with van der Waals surface area (Å²) in [7, 11) is 0. The summed E-state index contributed by atoms with van der Waals surface area (Å²) in [5, 5.41) is 3.04. The van der Waals surface area contributed by atoms with E-state index in [2.05, 4.69) is 5.32 Å². The largest absolute Gasteiger partial charge is 0.462 e. The van der Waals surface area contributed by atoms with Gasteiger partial charge in [0.2, 0.25) is 5.91 Å². The van der Waals surface area contributed by atoms with E-state index >= 15 is 0 Å². The van der Waals surface area contributed by atoms with Crippen LogP contribution in [0.15, 0.2) is 36.4 Å². The molecule has 0 saturated carbocycles. The molecule has 0 saturated heterocycles. The minimum absolute atomic E-state index is 0.141. The highest BCUT2D eigenvalue weighted by Crippen LogP contribution is 2.22. The molecule has 0 aliphatic carbocycles. The Kier molecular flexibility index (Phi) is 5.99. The number of benzene rings is 2. The first-order valence-electron chi connectivity index (χ1n) is 7.73. The summed E-state index contributed by atoms with van der Waals surface area (Å²) in [4.78, 5) is 23.9. The van der Waals surface area contributed by atoms with Crippen molar-refractivity contribution in [3.63, 3.8) is 0 Å². The monoisotopic (exact) mass is 345 g/mol. The molecule has 4 nitrogen and oxygen atoms in total. The van der Waals surface area contributed by atoms with Crippen LogP contribution in [0.1, 0.15) is 34.0 Å². The highest BCUT2D eigenvalue weighted by Gasteiger charge is 2.13. The zero-order valence-corrected chi connectivity index (χ0v) is 14.7. The molecule has 0 fully saturated rings. The second-order valence-electron chi connectivity index (χ2n) is 5.56.